The molecule has 1 aliphatic carbocycles. The maximum atomic E-state index is 6.48. The van der Waals surface area contributed by atoms with Crippen LogP contribution >= 0.6 is 11.6 Å². The SMILES string of the molecule is CCc1nn(CC)c(CC(CCC2CCCC2)NN)c1Cl. The second-order valence-corrected chi connectivity index (χ2v) is 6.55. The van der Waals surface area contributed by atoms with Crippen LogP contribution in [-0.4, -0.2) is 15.8 Å². The van der Waals surface area contributed by atoms with Crippen LogP contribution in [0.5, 0.6) is 0 Å². The van der Waals surface area contributed by atoms with Crippen molar-refractivity contribution >= 4 is 11.6 Å². The highest BCUT2D eigenvalue weighted by Crippen LogP contribution is 2.30. The Kier molecular flexibility index (Phi) is 6.52. The van der Waals surface area contributed by atoms with Gasteiger partial charge in [0.15, 0.2) is 0 Å². The van der Waals surface area contributed by atoms with Gasteiger partial charge in [0.2, 0.25) is 0 Å². The zero-order chi connectivity index (χ0) is 15.2. The fourth-order valence-corrected chi connectivity index (χ4v) is 3.77. The quantitative estimate of drug-likeness (QED) is 0.571. The van der Waals surface area contributed by atoms with E-state index in [1.165, 1.54) is 32.1 Å². The molecule has 2 rings (SSSR count). The number of hydrazine groups is 1. The summed E-state index contributed by atoms with van der Waals surface area (Å²) in [7, 11) is 0. The molecule has 1 unspecified atom stereocenters. The third-order valence-corrected chi connectivity index (χ3v) is 5.20. The summed E-state index contributed by atoms with van der Waals surface area (Å²) in [6.45, 7) is 5.06. The van der Waals surface area contributed by atoms with Gasteiger partial charge in [-0.25, -0.2) is 0 Å². The monoisotopic (exact) mass is 312 g/mol. The summed E-state index contributed by atoms with van der Waals surface area (Å²) in [6, 6.07) is 0.287. The summed E-state index contributed by atoms with van der Waals surface area (Å²) in [5.41, 5.74) is 5.11. The number of halogens is 1. The lowest BCUT2D eigenvalue weighted by Crippen LogP contribution is -2.37. The van der Waals surface area contributed by atoms with Crippen molar-refractivity contribution in [2.45, 2.75) is 77.8 Å². The van der Waals surface area contributed by atoms with Crippen molar-refractivity contribution in [1.29, 1.82) is 0 Å². The van der Waals surface area contributed by atoms with Crippen molar-refractivity contribution < 1.29 is 0 Å². The first-order chi connectivity index (χ1) is 10.2. The van der Waals surface area contributed by atoms with Crippen LogP contribution in [0.25, 0.3) is 0 Å². The molecular weight excluding hydrogens is 284 g/mol. The Balaban J connectivity index is 1.98. The van der Waals surface area contributed by atoms with E-state index in [9.17, 15) is 0 Å². The van der Waals surface area contributed by atoms with Gasteiger partial charge < -0.3 is 0 Å². The number of hydrogen-bond acceptors (Lipinski definition) is 3. The smallest absolute Gasteiger partial charge is 0.0850 e. The summed E-state index contributed by atoms with van der Waals surface area (Å²) in [4.78, 5) is 0. The molecule has 0 spiro atoms. The minimum absolute atomic E-state index is 0.287. The van der Waals surface area contributed by atoms with Crippen LogP contribution in [0, 0.1) is 5.92 Å². The molecular formula is C16H29ClN4. The van der Waals surface area contributed by atoms with Crippen LogP contribution in [0.4, 0.5) is 0 Å². The van der Waals surface area contributed by atoms with Gasteiger partial charge in [-0.1, -0.05) is 44.2 Å². The Hall–Kier alpha value is -0.580. The van der Waals surface area contributed by atoms with Crippen molar-refractivity contribution in [1.82, 2.24) is 15.2 Å². The fraction of sp³-hybridized carbons (Fsp3) is 0.812. The molecule has 0 bridgehead atoms. The average molecular weight is 313 g/mol. The zero-order valence-corrected chi connectivity index (χ0v) is 14.1. The Labute approximate surface area is 133 Å². The standard InChI is InChI=1S/C16H29ClN4/c1-3-14-16(17)15(21(4-2)20-14)11-13(19-18)10-9-12-7-5-6-8-12/h12-13,19H,3-11,18H2,1-2H3. The molecule has 0 radical (unpaired) electrons. The molecule has 1 fully saturated rings. The van der Waals surface area contributed by atoms with Gasteiger partial charge >= 0.3 is 0 Å². The molecule has 1 atom stereocenters. The normalized spacial score (nSPS) is 17.5. The molecule has 120 valence electrons. The van der Waals surface area contributed by atoms with Crippen molar-refractivity contribution in [2.24, 2.45) is 11.8 Å². The van der Waals surface area contributed by atoms with Crippen LogP contribution in [0.15, 0.2) is 0 Å². The number of nitrogens with zero attached hydrogens (tertiary/aromatic N) is 2. The maximum Gasteiger partial charge on any atom is 0.0850 e. The van der Waals surface area contributed by atoms with Crippen molar-refractivity contribution in [2.75, 3.05) is 0 Å². The van der Waals surface area contributed by atoms with Gasteiger partial charge in [0.1, 0.15) is 0 Å². The van der Waals surface area contributed by atoms with E-state index in [1.54, 1.807) is 0 Å². The van der Waals surface area contributed by atoms with E-state index in [-0.39, 0.29) is 6.04 Å². The molecule has 1 aromatic rings. The molecule has 0 aliphatic heterocycles. The predicted octanol–water partition coefficient (Wildman–Crippen LogP) is 3.46. The lowest BCUT2D eigenvalue weighted by atomic mass is 9.96. The van der Waals surface area contributed by atoms with Crippen LogP contribution < -0.4 is 11.3 Å². The highest BCUT2D eigenvalue weighted by Gasteiger charge is 2.21. The first-order valence-corrected chi connectivity index (χ1v) is 8.77. The lowest BCUT2D eigenvalue weighted by Gasteiger charge is -2.18. The number of rotatable bonds is 8. The van der Waals surface area contributed by atoms with E-state index in [1.807, 2.05) is 4.68 Å². The third kappa shape index (κ3) is 4.21. The number of nitrogens with one attached hydrogen (secondary N) is 1. The first kappa shape index (κ1) is 16.8. The van der Waals surface area contributed by atoms with Crippen molar-refractivity contribution in [3.05, 3.63) is 16.4 Å². The zero-order valence-electron chi connectivity index (χ0n) is 13.4. The molecule has 1 heterocycles. The topological polar surface area (TPSA) is 55.9 Å². The molecule has 1 aromatic heterocycles. The van der Waals surface area contributed by atoms with Gasteiger partial charge in [-0.2, -0.15) is 5.10 Å². The van der Waals surface area contributed by atoms with Gasteiger partial charge in [-0.15, -0.1) is 0 Å². The van der Waals surface area contributed by atoms with Crippen LogP contribution in [0.2, 0.25) is 5.02 Å². The predicted molar refractivity (Wildman–Crippen MR) is 88.3 cm³/mol. The molecule has 21 heavy (non-hydrogen) atoms. The maximum absolute atomic E-state index is 6.48. The highest BCUT2D eigenvalue weighted by atomic mass is 35.5. The van der Waals surface area contributed by atoms with Gasteiger partial charge in [-0.05, 0) is 32.1 Å². The number of nitrogens with two attached hydrogens (primary N) is 1. The summed E-state index contributed by atoms with van der Waals surface area (Å²) in [6.07, 6.45) is 9.72. The van der Waals surface area contributed by atoms with E-state index >= 15 is 0 Å². The Bertz CT molecular complexity index is 438. The summed E-state index contributed by atoms with van der Waals surface area (Å²) < 4.78 is 2.03. The second kappa shape index (κ2) is 8.16. The summed E-state index contributed by atoms with van der Waals surface area (Å²) in [5, 5.41) is 5.42. The Morgan fingerprint density at radius 1 is 1.38 bits per heavy atom. The third-order valence-electron chi connectivity index (χ3n) is 4.77. The second-order valence-electron chi connectivity index (χ2n) is 6.17. The van der Waals surface area contributed by atoms with E-state index in [4.69, 9.17) is 17.4 Å². The van der Waals surface area contributed by atoms with E-state index in [2.05, 4.69) is 24.4 Å². The number of hydrogen-bond donors (Lipinski definition) is 2. The van der Waals surface area contributed by atoms with Crippen molar-refractivity contribution in [3.63, 3.8) is 0 Å². The van der Waals surface area contributed by atoms with Crippen LogP contribution in [0.1, 0.15) is 63.8 Å². The van der Waals surface area contributed by atoms with Gasteiger partial charge in [0.05, 0.1) is 16.4 Å². The van der Waals surface area contributed by atoms with Crippen LogP contribution in [-0.2, 0) is 19.4 Å². The minimum Gasteiger partial charge on any atom is -0.271 e. The molecule has 1 aliphatic rings. The molecule has 5 heteroatoms. The molecule has 1 saturated carbocycles. The lowest BCUT2D eigenvalue weighted by molar-refractivity contribution is 0.400. The summed E-state index contributed by atoms with van der Waals surface area (Å²) >= 11 is 6.48. The molecule has 3 N–H and O–H groups in total. The van der Waals surface area contributed by atoms with Gasteiger partial charge in [0, 0.05) is 19.0 Å². The molecule has 0 saturated heterocycles. The largest absolute Gasteiger partial charge is 0.271 e. The summed E-state index contributed by atoms with van der Waals surface area (Å²) in [5.74, 6) is 6.67. The van der Waals surface area contributed by atoms with Gasteiger partial charge in [-0.3, -0.25) is 16.0 Å². The van der Waals surface area contributed by atoms with Crippen LogP contribution in [0.3, 0.4) is 0 Å². The number of aryl methyl sites for hydroxylation is 2. The Morgan fingerprint density at radius 3 is 2.67 bits per heavy atom. The molecule has 4 nitrogen and oxygen atoms in total. The highest BCUT2D eigenvalue weighted by molar-refractivity contribution is 6.31. The molecule has 0 amide bonds. The molecule has 0 aromatic carbocycles. The Morgan fingerprint density at radius 2 is 2.10 bits per heavy atom. The van der Waals surface area contributed by atoms with Gasteiger partial charge in [0.25, 0.3) is 0 Å². The van der Waals surface area contributed by atoms with E-state index < -0.39 is 0 Å². The number of aromatic nitrogens is 2. The average Bonchev–Trinajstić information content (AvgIpc) is 3.12. The van der Waals surface area contributed by atoms with E-state index in [0.717, 1.165) is 48.1 Å². The minimum atomic E-state index is 0.287. The fourth-order valence-electron chi connectivity index (χ4n) is 3.43. The first-order valence-electron chi connectivity index (χ1n) is 8.39. The van der Waals surface area contributed by atoms with E-state index in [0.29, 0.717) is 0 Å². The van der Waals surface area contributed by atoms with Crippen molar-refractivity contribution in [3.8, 4) is 0 Å².